The number of hydrazone groups is 1. The monoisotopic (exact) mass is 476 g/mol. The van der Waals surface area contributed by atoms with Crippen LogP contribution < -0.4 is 9.47 Å². The second-order valence-corrected chi connectivity index (χ2v) is 11.1. The number of carbonyl (C=O) groups is 1. The molecule has 4 bridgehead atoms. The zero-order valence-electron chi connectivity index (χ0n) is 19.3. The van der Waals surface area contributed by atoms with Gasteiger partial charge in [0.2, 0.25) is 5.17 Å². The van der Waals surface area contributed by atoms with Gasteiger partial charge in [-0.25, -0.2) is 0 Å². The lowest BCUT2D eigenvalue weighted by atomic mass is 9.50. The first kappa shape index (κ1) is 21.6. The molecule has 0 radical (unpaired) electrons. The van der Waals surface area contributed by atoms with Gasteiger partial charge in [-0.15, -0.1) is 0 Å². The Morgan fingerprint density at radius 3 is 2.56 bits per heavy atom. The van der Waals surface area contributed by atoms with Crippen molar-refractivity contribution in [2.45, 2.75) is 38.5 Å². The predicted octanol–water partition coefficient (Wildman–Crippen LogP) is 5.10. The molecule has 7 rings (SSSR count). The lowest BCUT2D eigenvalue weighted by molar-refractivity contribution is -0.114. The molecule has 8 heteroatoms. The highest BCUT2D eigenvalue weighted by molar-refractivity contribution is 8.27. The van der Waals surface area contributed by atoms with Crippen LogP contribution in [0.15, 0.2) is 46.5 Å². The molecule has 1 amide bonds. The van der Waals surface area contributed by atoms with Crippen molar-refractivity contribution in [2.24, 2.45) is 33.3 Å². The third kappa shape index (κ3) is 3.50. The number of amides is 1. The smallest absolute Gasteiger partial charge is 0.283 e. The SMILES string of the molecule is C=CCOc1ccc(/C=C2/C(=N)N3N=C(C45CC6CC(CC(C6)C4)C5)SC3=NC2=O)cc1OC. The van der Waals surface area contributed by atoms with E-state index in [2.05, 4.69) is 11.6 Å². The number of nitrogens with one attached hydrogen (secondary N) is 1. The number of ether oxygens (including phenoxy) is 2. The topological polar surface area (TPSA) is 87.3 Å². The van der Waals surface area contributed by atoms with E-state index in [9.17, 15) is 4.79 Å². The summed E-state index contributed by atoms with van der Waals surface area (Å²) in [7, 11) is 1.57. The summed E-state index contributed by atoms with van der Waals surface area (Å²) in [5.74, 6) is 3.23. The van der Waals surface area contributed by atoms with E-state index in [4.69, 9.17) is 20.0 Å². The highest BCUT2D eigenvalue weighted by atomic mass is 32.2. The molecule has 7 nitrogen and oxygen atoms in total. The average molecular weight is 477 g/mol. The van der Waals surface area contributed by atoms with Crippen LogP contribution in [0.1, 0.15) is 44.1 Å². The largest absolute Gasteiger partial charge is 0.493 e. The second-order valence-electron chi connectivity index (χ2n) is 10.1. The van der Waals surface area contributed by atoms with Crippen molar-refractivity contribution < 1.29 is 14.3 Å². The number of thioether (sulfide) groups is 1. The van der Waals surface area contributed by atoms with Crippen molar-refractivity contribution in [3.63, 3.8) is 0 Å². The maximum atomic E-state index is 12.9. The molecule has 0 saturated heterocycles. The zero-order chi connectivity index (χ0) is 23.4. The van der Waals surface area contributed by atoms with E-state index in [0.717, 1.165) is 28.4 Å². The summed E-state index contributed by atoms with van der Waals surface area (Å²) in [6.45, 7) is 4.03. The standard InChI is InChI=1S/C26H28N4O3S/c1-3-6-33-20-5-4-15(11-21(20)32-2)10-19-22(27)30-25(28-23(19)31)34-24(29-30)26-12-16-7-17(13-26)9-18(8-16)14-26/h3-5,10-11,16-18,27H,1,6-9,12-14H2,2H3/b19-10-,27-22?. The minimum absolute atomic E-state index is 0.0770. The second kappa shape index (κ2) is 8.12. The molecule has 1 aromatic rings. The Hall–Kier alpha value is -2.87. The first-order valence-corrected chi connectivity index (χ1v) is 12.7. The summed E-state index contributed by atoms with van der Waals surface area (Å²) >= 11 is 1.51. The van der Waals surface area contributed by atoms with Gasteiger partial charge in [0.25, 0.3) is 5.91 Å². The van der Waals surface area contributed by atoms with E-state index >= 15 is 0 Å². The van der Waals surface area contributed by atoms with Crippen LogP contribution in [0.5, 0.6) is 11.5 Å². The minimum atomic E-state index is -0.406. The lowest BCUT2D eigenvalue weighted by Crippen LogP contribution is -2.49. The van der Waals surface area contributed by atoms with Gasteiger partial charge < -0.3 is 9.47 Å². The minimum Gasteiger partial charge on any atom is -0.493 e. The predicted molar refractivity (Wildman–Crippen MR) is 134 cm³/mol. The summed E-state index contributed by atoms with van der Waals surface area (Å²) in [5.41, 5.74) is 1.06. The van der Waals surface area contributed by atoms with Crippen molar-refractivity contribution in [3.05, 3.63) is 42.0 Å². The van der Waals surface area contributed by atoms with Crippen LogP contribution in [-0.2, 0) is 4.79 Å². The van der Waals surface area contributed by atoms with Gasteiger partial charge in [0.05, 0.1) is 12.7 Å². The van der Waals surface area contributed by atoms with E-state index in [-0.39, 0.29) is 16.8 Å². The third-order valence-corrected chi connectivity index (χ3v) is 8.96. The Morgan fingerprint density at radius 2 is 1.91 bits per heavy atom. The number of aliphatic imine (C=N–C) groups is 1. The fourth-order valence-electron chi connectivity index (χ4n) is 6.79. The fourth-order valence-corrected chi connectivity index (χ4v) is 7.90. The number of fused-ring (bicyclic) bond motifs is 1. The van der Waals surface area contributed by atoms with Crippen molar-refractivity contribution >= 4 is 39.8 Å². The molecular formula is C26H28N4O3S. The van der Waals surface area contributed by atoms with Crippen LogP contribution in [0.2, 0.25) is 0 Å². The summed E-state index contributed by atoms with van der Waals surface area (Å²) < 4.78 is 11.0. The number of methoxy groups -OCH3 is 1. The fraction of sp³-hybridized carbons (Fsp3) is 0.462. The van der Waals surface area contributed by atoms with E-state index in [1.807, 2.05) is 6.07 Å². The molecule has 0 atom stereocenters. The van der Waals surface area contributed by atoms with Gasteiger partial charge in [-0.1, -0.05) is 18.7 Å². The van der Waals surface area contributed by atoms with Gasteiger partial charge in [-0.3, -0.25) is 10.2 Å². The quantitative estimate of drug-likeness (QED) is 0.456. The molecule has 0 unspecified atom stereocenters. The highest BCUT2D eigenvalue weighted by Crippen LogP contribution is 2.62. The highest BCUT2D eigenvalue weighted by Gasteiger charge is 2.55. The third-order valence-electron chi connectivity index (χ3n) is 7.80. The Morgan fingerprint density at radius 1 is 1.21 bits per heavy atom. The summed E-state index contributed by atoms with van der Waals surface area (Å²) in [6, 6.07) is 5.40. The summed E-state index contributed by atoms with van der Waals surface area (Å²) in [4.78, 5) is 17.2. The molecule has 0 spiro atoms. The number of benzene rings is 1. The maximum absolute atomic E-state index is 12.9. The van der Waals surface area contributed by atoms with Crippen molar-refractivity contribution in [3.8, 4) is 11.5 Å². The first-order valence-electron chi connectivity index (χ1n) is 11.9. The Balaban J connectivity index is 1.28. The summed E-state index contributed by atoms with van der Waals surface area (Å²) in [6.07, 6.45) is 11.0. The molecule has 6 aliphatic rings. The van der Waals surface area contributed by atoms with Crippen LogP contribution >= 0.6 is 11.8 Å². The molecule has 1 aromatic carbocycles. The van der Waals surface area contributed by atoms with E-state index in [1.165, 1.54) is 50.3 Å². The number of carbonyl (C=O) groups excluding carboxylic acids is 1. The molecular weight excluding hydrogens is 448 g/mol. The van der Waals surface area contributed by atoms with Crippen LogP contribution in [0.4, 0.5) is 0 Å². The Bertz CT molecular complexity index is 1150. The van der Waals surface area contributed by atoms with Gasteiger partial charge in [-0.05, 0) is 91.8 Å². The number of hydrogen-bond acceptors (Lipinski definition) is 6. The number of rotatable bonds is 6. The number of nitrogens with zero attached hydrogens (tertiary/aromatic N) is 3. The van der Waals surface area contributed by atoms with Gasteiger partial charge >= 0.3 is 0 Å². The maximum Gasteiger partial charge on any atom is 0.283 e. The van der Waals surface area contributed by atoms with Crippen molar-refractivity contribution in [1.29, 1.82) is 5.41 Å². The van der Waals surface area contributed by atoms with Gasteiger partial charge in [0.15, 0.2) is 17.3 Å². The molecule has 2 aliphatic heterocycles. The van der Waals surface area contributed by atoms with E-state index in [1.54, 1.807) is 36.4 Å². The van der Waals surface area contributed by atoms with E-state index in [0.29, 0.717) is 23.3 Å². The lowest BCUT2D eigenvalue weighted by Gasteiger charge is -2.56. The molecule has 4 saturated carbocycles. The normalized spacial score (nSPS) is 32.6. The van der Waals surface area contributed by atoms with Gasteiger partial charge in [0.1, 0.15) is 11.7 Å². The van der Waals surface area contributed by atoms with Crippen molar-refractivity contribution in [1.82, 2.24) is 5.01 Å². The van der Waals surface area contributed by atoms with Crippen LogP contribution in [0.25, 0.3) is 6.08 Å². The Kier molecular flexibility index (Phi) is 5.17. The van der Waals surface area contributed by atoms with Crippen molar-refractivity contribution in [2.75, 3.05) is 13.7 Å². The molecule has 0 aromatic heterocycles. The number of amidine groups is 2. The van der Waals surface area contributed by atoms with Gasteiger partial charge in [0, 0.05) is 5.41 Å². The molecule has 4 fully saturated rings. The van der Waals surface area contributed by atoms with E-state index < -0.39 is 5.91 Å². The van der Waals surface area contributed by atoms with Crippen LogP contribution in [0.3, 0.4) is 0 Å². The molecule has 34 heavy (non-hydrogen) atoms. The first-order chi connectivity index (χ1) is 16.5. The van der Waals surface area contributed by atoms with Crippen LogP contribution in [-0.4, -0.2) is 40.7 Å². The molecule has 176 valence electrons. The molecule has 4 aliphatic carbocycles. The average Bonchev–Trinajstić information content (AvgIpc) is 3.25. The summed E-state index contributed by atoms with van der Waals surface area (Å²) in [5, 5.41) is 16.8. The Labute approximate surface area is 203 Å². The van der Waals surface area contributed by atoms with Gasteiger partial charge in [-0.2, -0.15) is 15.1 Å². The zero-order valence-corrected chi connectivity index (χ0v) is 20.1. The molecule has 2 heterocycles. The number of hydrogen-bond donors (Lipinski definition) is 1. The van der Waals surface area contributed by atoms with Crippen LogP contribution in [0, 0.1) is 28.6 Å². The molecule has 1 N–H and O–H groups in total.